The van der Waals surface area contributed by atoms with Gasteiger partial charge >= 0.3 is 0 Å². The minimum Gasteiger partial charge on any atom is -0.497 e. The van der Waals surface area contributed by atoms with Gasteiger partial charge in [-0.15, -0.1) is 0 Å². The quantitative estimate of drug-likeness (QED) is 0.273. The molecule has 1 N–H and O–H groups in total. The summed E-state index contributed by atoms with van der Waals surface area (Å²) in [5.41, 5.74) is 3.75. The second-order valence-electron chi connectivity index (χ2n) is 9.94. The smallest absolute Gasteiger partial charge is 0.251 e. The number of methoxy groups -OCH3 is 2. The molecule has 40 heavy (non-hydrogen) atoms. The molecule has 2 saturated heterocycles. The minimum absolute atomic E-state index is 0.0724. The van der Waals surface area contributed by atoms with Gasteiger partial charge in [-0.3, -0.25) is 4.79 Å². The molecule has 3 heterocycles. The normalized spacial score (nSPS) is 17.2. The Balaban J connectivity index is 1.20. The molecule has 0 radical (unpaired) electrons. The molecule has 10 heteroatoms. The summed E-state index contributed by atoms with van der Waals surface area (Å²) in [5, 5.41) is 3.71. The number of piperazine rings is 1. The summed E-state index contributed by atoms with van der Waals surface area (Å²) >= 11 is 1.57. The standard InChI is InChI=1S/C30H37N5O4S/c1-37-20-24-18-28(35-14-12-34(13-15-35)25-8-10-26(38-2)11-9-25)33-30(32-24)40-21-22-5-3-6-23(17-22)29(36)31-19-27-7-4-16-39-27/h3,5-6,8-11,17-18,27H,4,7,12-16,19-21H2,1-2H3,(H,31,36)/t27-/m0/s1. The Hall–Kier alpha value is -3.34. The maximum atomic E-state index is 12.7. The van der Waals surface area contributed by atoms with Crippen LogP contribution in [0, 0.1) is 0 Å². The van der Waals surface area contributed by atoms with Crippen molar-refractivity contribution in [1.82, 2.24) is 15.3 Å². The summed E-state index contributed by atoms with van der Waals surface area (Å²) < 4.78 is 16.3. The maximum absolute atomic E-state index is 12.7. The number of nitrogens with zero attached hydrogens (tertiary/aromatic N) is 4. The third-order valence-electron chi connectivity index (χ3n) is 7.15. The molecule has 2 aromatic carbocycles. The van der Waals surface area contributed by atoms with Crippen LogP contribution in [0.5, 0.6) is 5.75 Å². The van der Waals surface area contributed by atoms with Crippen LogP contribution in [0.4, 0.5) is 11.5 Å². The number of hydrogen-bond donors (Lipinski definition) is 1. The Morgan fingerprint density at radius 3 is 2.58 bits per heavy atom. The second-order valence-corrected chi connectivity index (χ2v) is 10.9. The van der Waals surface area contributed by atoms with E-state index in [1.807, 2.05) is 42.5 Å². The van der Waals surface area contributed by atoms with Crippen molar-refractivity contribution in [2.24, 2.45) is 0 Å². The van der Waals surface area contributed by atoms with E-state index < -0.39 is 0 Å². The van der Waals surface area contributed by atoms with Gasteiger partial charge in [-0.1, -0.05) is 23.9 Å². The molecular formula is C30H37N5O4S. The lowest BCUT2D eigenvalue weighted by Crippen LogP contribution is -2.46. The molecule has 212 valence electrons. The van der Waals surface area contributed by atoms with Gasteiger partial charge in [0.2, 0.25) is 0 Å². The molecule has 0 bridgehead atoms. The largest absolute Gasteiger partial charge is 0.497 e. The lowest BCUT2D eigenvalue weighted by atomic mass is 10.1. The Labute approximate surface area is 240 Å². The number of carbonyl (C=O) groups is 1. The van der Waals surface area contributed by atoms with Crippen molar-refractivity contribution in [1.29, 1.82) is 0 Å². The van der Waals surface area contributed by atoms with Crippen LogP contribution < -0.4 is 19.9 Å². The number of aromatic nitrogens is 2. The Kier molecular flexibility index (Phi) is 9.75. The van der Waals surface area contributed by atoms with Crippen molar-refractivity contribution in [3.63, 3.8) is 0 Å². The summed E-state index contributed by atoms with van der Waals surface area (Å²) in [4.78, 5) is 27.0. The predicted molar refractivity (Wildman–Crippen MR) is 157 cm³/mol. The molecule has 0 saturated carbocycles. The number of hydrogen-bond acceptors (Lipinski definition) is 9. The fourth-order valence-electron chi connectivity index (χ4n) is 4.96. The predicted octanol–water partition coefficient (Wildman–Crippen LogP) is 4.16. The van der Waals surface area contributed by atoms with E-state index in [1.54, 1.807) is 26.0 Å². The lowest BCUT2D eigenvalue weighted by molar-refractivity contribution is 0.0857. The first-order chi connectivity index (χ1) is 19.6. The lowest BCUT2D eigenvalue weighted by Gasteiger charge is -2.37. The first-order valence-corrected chi connectivity index (χ1v) is 14.7. The fourth-order valence-corrected chi connectivity index (χ4v) is 5.77. The Morgan fingerprint density at radius 1 is 1.05 bits per heavy atom. The van der Waals surface area contributed by atoms with Gasteiger partial charge in [0, 0.05) is 69.5 Å². The van der Waals surface area contributed by atoms with E-state index in [2.05, 4.69) is 27.2 Å². The van der Waals surface area contributed by atoms with Crippen molar-refractivity contribution in [3.8, 4) is 5.75 Å². The molecule has 1 aromatic heterocycles. The monoisotopic (exact) mass is 563 g/mol. The van der Waals surface area contributed by atoms with Crippen LogP contribution in [0.1, 0.15) is 34.5 Å². The minimum atomic E-state index is -0.0724. The third-order valence-corrected chi connectivity index (χ3v) is 8.07. The molecule has 0 aliphatic carbocycles. The van der Waals surface area contributed by atoms with Gasteiger partial charge in [-0.2, -0.15) is 0 Å². The van der Waals surface area contributed by atoms with Crippen LogP contribution >= 0.6 is 11.8 Å². The van der Waals surface area contributed by atoms with Crippen molar-refractivity contribution < 1.29 is 19.0 Å². The van der Waals surface area contributed by atoms with E-state index in [-0.39, 0.29) is 12.0 Å². The topological polar surface area (TPSA) is 89.0 Å². The van der Waals surface area contributed by atoms with Crippen LogP contribution in [-0.4, -0.2) is 75.5 Å². The Bertz CT molecular complexity index is 1260. The molecule has 3 aromatic rings. The zero-order valence-corrected chi connectivity index (χ0v) is 24.0. The summed E-state index contributed by atoms with van der Waals surface area (Å²) in [6.45, 7) is 5.29. The van der Waals surface area contributed by atoms with Gasteiger partial charge in [0.15, 0.2) is 5.16 Å². The first-order valence-electron chi connectivity index (χ1n) is 13.7. The van der Waals surface area contributed by atoms with Crippen molar-refractivity contribution in [2.75, 3.05) is 63.4 Å². The van der Waals surface area contributed by atoms with Crippen LogP contribution in [0.25, 0.3) is 0 Å². The number of anilines is 2. The van der Waals surface area contributed by atoms with E-state index in [4.69, 9.17) is 24.2 Å². The molecule has 0 spiro atoms. The highest BCUT2D eigenvalue weighted by molar-refractivity contribution is 7.98. The molecule has 5 rings (SSSR count). The molecule has 2 aliphatic heterocycles. The molecule has 0 unspecified atom stereocenters. The van der Waals surface area contributed by atoms with Crippen LogP contribution in [0.2, 0.25) is 0 Å². The highest BCUT2D eigenvalue weighted by Crippen LogP contribution is 2.26. The average molecular weight is 564 g/mol. The van der Waals surface area contributed by atoms with Gasteiger partial charge < -0.3 is 29.3 Å². The highest BCUT2D eigenvalue weighted by atomic mass is 32.2. The summed E-state index contributed by atoms with van der Waals surface area (Å²) in [5.74, 6) is 2.37. The van der Waals surface area contributed by atoms with E-state index in [0.29, 0.717) is 29.6 Å². The van der Waals surface area contributed by atoms with Crippen molar-refractivity contribution in [2.45, 2.75) is 36.5 Å². The summed E-state index contributed by atoms with van der Waals surface area (Å²) in [6.07, 6.45) is 2.18. The molecule has 1 atom stereocenters. The number of amides is 1. The zero-order valence-electron chi connectivity index (χ0n) is 23.2. The molecule has 9 nitrogen and oxygen atoms in total. The number of nitrogens with one attached hydrogen (secondary N) is 1. The van der Waals surface area contributed by atoms with E-state index in [1.165, 1.54) is 5.69 Å². The summed E-state index contributed by atoms with van der Waals surface area (Å²) in [7, 11) is 3.36. The molecule has 2 fully saturated rings. The second kappa shape index (κ2) is 13.8. The van der Waals surface area contributed by atoms with E-state index in [0.717, 1.165) is 68.5 Å². The van der Waals surface area contributed by atoms with Crippen molar-refractivity contribution >= 4 is 29.2 Å². The molecular weight excluding hydrogens is 526 g/mol. The number of ether oxygens (including phenoxy) is 3. The van der Waals surface area contributed by atoms with Crippen LogP contribution in [0.3, 0.4) is 0 Å². The van der Waals surface area contributed by atoms with Gasteiger partial charge in [0.1, 0.15) is 11.6 Å². The average Bonchev–Trinajstić information content (AvgIpc) is 3.53. The number of benzene rings is 2. The van der Waals surface area contributed by atoms with E-state index in [9.17, 15) is 4.79 Å². The van der Waals surface area contributed by atoms with Crippen molar-refractivity contribution in [3.05, 3.63) is 71.4 Å². The molecule has 1 amide bonds. The highest BCUT2D eigenvalue weighted by Gasteiger charge is 2.20. The Morgan fingerprint density at radius 2 is 1.85 bits per heavy atom. The first kappa shape index (κ1) is 28.2. The zero-order chi connectivity index (χ0) is 27.7. The van der Waals surface area contributed by atoms with E-state index >= 15 is 0 Å². The number of carbonyl (C=O) groups excluding carboxylic acids is 1. The number of rotatable bonds is 11. The van der Waals surface area contributed by atoms with Gasteiger partial charge in [-0.05, 0) is 54.8 Å². The van der Waals surface area contributed by atoms with Gasteiger partial charge in [0.25, 0.3) is 5.91 Å². The number of thioether (sulfide) groups is 1. The summed E-state index contributed by atoms with van der Waals surface area (Å²) in [6, 6.07) is 18.0. The maximum Gasteiger partial charge on any atom is 0.251 e. The van der Waals surface area contributed by atoms with Gasteiger partial charge in [-0.25, -0.2) is 9.97 Å². The van der Waals surface area contributed by atoms with Crippen LogP contribution in [-0.2, 0) is 21.8 Å². The van der Waals surface area contributed by atoms with Gasteiger partial charge in [0.05, 0.1) is 25.5 Å². The third kappa shape index (κ3) is 7.44. The fraction of sp³-hybridized carbons (Fsp3) is 0.433. The van der Waals surface area contributed by atoms with Crippen LogP contribution in [0.15, 0.2) is 59.8 Å². The SMILES string of the molecule is COCc1cc(N2CCN(c3ccc(OC)cc3)CC2)nc(SCc2cccc(C(=O)NC[C@@H]3CCCO3)c2)n1. The molecule has 2 aliphatic rings.